The highest BCUT2D eigenvalue weighted by atomic mass is 16.2. The van der Waals surface area contributed by atoms with Gasteiger partial charge in [-0.1, -0.05) is 13.5 Å². The van der Waals surface area contributed by atoms with E-state index < -0.39 is 0 Å². The third-order valence-corrected chi connectivity index (χ3v) is 2.44. The van der Waals surface area contributed by atoms with Crippen LogP contribution in [0.25, 0.3) is 0 Å². The molecule has 0 saturated carbocycles. The average molecular weight is 169 g/mol. The number of carbonyl (C=O) groups excluding carboxylic acids is 1. The molecule has 0 aliphatic carbocycles. The highest BCUT2D eigenvalue weighted by Crippen LogP contribution is 2.17. The lowest BCUT2D eigenvalue weighted by atomic mass is 9.99. The first-order valence-corrected chi connectivity index (χ1v) is 4.26. The minimum atomic E-state index is -0.0734. The van der Waals surface area contributed by atoms with Gasteiger partial charge < -0.3 is 4.90 Å². The van der Waals surface area contributed by atoms with Crippen LogP contribution in [0.3, 0.4) is 0 Å². The molecule has 0 rings (SSSR count). The summed E-state index contributed by atoms with van der Waals surface area (Å²) in [4.78, 5) is 13.2. The molecule has 2 nitrogen and oxygen atoms in total. The van der Waals surface area contributed by atoms with E-state index in [1.165, 1.54) is 0 Å². The van der Waals surface area contributed by atoms with Crippen molar-refractivity contribution in [3.8, 4) is 0 Å². The zero-order valence-corrected chi connectivity index (χ0v) is 8.77. The molecule has 0 radical (unpaired) electrons. The smallest absolute Gasteiger partial charge is 0.249 e. The van der Waals surface area contributed by atoms with Gasteiger partial charge >= 0.3 is 0 Å². The molecule has 0 saturated heterocycles. The molecule has 0 spiro atoms. The van der Waals surface area contributed by atoms with E-state index in [9.17, 15) is 4.79 Å². The van der Waals surface area contributed by atoms with Crippen LogP contribution in [0, 0.1) is 0 Å². The second kappa shape index (κ2) is 3.74. The molecule has 0 aromatic carbocycles. The van der Waals surface area contributed by atoms with E-state index in [0.717, 1.165) is 6.42 Å². The summed E-state index contributed by atoms with van der Waals surface area (Å²) in [5.74, 6) is 0.0295. The maximum atomic E-state index is 11.5. The minimum absolute atomic E-state index is 0.0295. The van der Waals surface area contributed by atoms with Gasteiger partial charge in [-0.25, -0.2) is 0 Å². The van der Waals surface area contributed by atoms with Crippen molar-refractivity contribution in [2.75, 3.05) is 7.05 Å². The summed E-state index contributed by atoms with van der Waals surface area (Å²) in [5.41, 5.74) is 0.523. The Labute approximate surface area is 75.3 Å². The Hall–Kier alpha value is -0.790. The van der Waals surface area contributed by atoms with Crippen LogP contribution in [0.1, 0.15) is 34.1 Å². The number of amides is 1. The van der Waals surface area contributed by atoms with E-state index in [1.807, 2.05) is 20.9 Å². The third kappa shape index (κ3) is 2.36. The number of rotatable bonds is 3. The van der Waals surface area contributed by atoms with Gasteiger partial charge in [-0.2, -0.15) is 0 Å². The van der Waals surface area contributed by atoms with Crippen molar-refractivity contribution in [2.45, 2.75) is 39.7 Å². The van der Waals surface area contributed by atoms with Crippen molar-refractivity contribution in [3.05, 3.63) is 12.2 Å². The number of hydrogen-bond donors (Lipinski definition) is 0. The molecule has 0 aliphatic rings. The normalized spacial score (nSPS) is 11.1. The van der Waals surface area contributed by atoms with Crippen molar-refractivity contribution in [2.24, 2.45) is 0 Å². The Bertz CT molecular complexity index is 194. The second-order valence-corrected chi connectivity index (χ2v) is 3.81. The molecule has 0 N–H and O–H groups in total. The maximum Gasteiger partial charge on any atom is 0.249 e. The Morgan fingerprint density at radius 2 is 1.92 bits per heavy atom. The quantitative estimate of drug-likeness (QED) is 0.593. The van der Waals surface area contributed by atoms with Crippen molar-refractivity contribution in [3.63, 3.8) is 0 Å². The topological polar surface area (TPSA) is 20.3 Å². The zero-order valence-electron chi connectivity index (χ0n) is 8.77. The molecule has 0 heterocycles. The maximum absolute atomic E-state index is 11.5. The van der Waals surface area contributed by atoms with Gasteiger partial charge in [0.2, 0.25) is 5.91 Å². The average Bonchev–Trinajstić information content (AvgIpc) is 2.01. The van der Waals surface area contributed by atoms with Crippen molar-refractivity contribution < 1.29 is 4.79 Å². The Morgan fingerprint density at radius 1 is 1.50 bits per heavy atom. The molecule has 12 heavy (non-hydrogen) atoms. The van der Waals surface area contributed by atoms with Gasteiger partial charge in [-0.3, -0.25) is 4.79 Å². The number of nitrogens with zero attached hydrogens (tertiary/aromatic N) is 1. The van der Waals surface area contributed by atoms with Gasteiger partial charge in [0.25, 0.3) is 0 Å². The predicted molar refractivity (Wildman–Crippen MR) is 52.0 cm³/mol. The van der Waals surface area contributed by atoms with E-state index in [1.54, 1.807) is 11.8 Å². The Morgan fingerprint density at radius 3 is 2.17 bits per heavy atom. The van der Waals surface area contributed by atoms with Crippen LogP contribution in [-0.2, 0) is 4.79 Å². The predicted octanol–water partition coefficient (Wildman–Crippen LogP) is 2.21. The Kier molecular flexibility index (Phi) is 3.50. The van der Waals surface area contributed by atoms with Gasteiger partial charge in [0.1, 0.15) is 0 Å². The van der Waals surface area contributed by atoms with Crippen molar-refractivity contribution in [1.29, 1.82) is 0 Å². The summed E-state index contributed by atoms with van der Waals surface area (Å²) in [6.45, 7) is 11.5. The highest BCUT2D eigenvalue weighted by molar-refractivity contribution is 5.92. The first-order chi connectivity index (χ1) is 5.33. The molecule has 0 atom stereocenters. The summed E-state index contributed by atoms with van der Waals surface area (Å²) in [7, 11) is 1.82. The minimum Gasteiger partial charge on any atom is -0.337 e. The number of hydrogen-bond acceptors (Lipinski definition) is 1. The largest absolute Gasteiger partial charge is 0.337 e. The molecular weight excluding hydrogens is 150 g/mol. The standard InChI is InChI=1S/C10H19NO/c1-7-10(4,5)11(6)9(12)8(2)3/h2,7H2,1,3-6H3. The summed E-state index contributed by atoms with van der Waals surface area (Å²) >= 11 is 0. The molecule has 0 aromatic heterocycles. The van der Waals surface area contributed by atoms with Gasteiger partial charge in [0.05, 0.1) is 0 Å². The first-order valence-electron chi connectivity index (χ1n) is 4.26. The number of likely N-dealkylation sites (N-methyl/N-ethyl adjacent to an activating group) is 1. The van der Waals surface area contributed by atoms with Gasteiger partial charge in [-0.15, -0.1) is 0 Å². The van der Waals surface area contributed by atoms with Crippen LogP contribution in [0.5, 0.6) is 0 Å². The zero-order chi connectivity index (χ0) is 9.94. The lowest BCUT2D eigenvalue weighted by Gasteiger charge is -2.34. The van der Waals surface area contributed by atoms with Gasteiger partial charge in [0.15, 0.2) is 0 Å². The first kappa shape index (κ1) is 11.2. The van der Waals surface area contributed by atoms with Crippen LogP contribution < -0.4 is 0 Å². The van der Waals surface area contributed by atoms with Crippen LogP contribution in [-0.4, -0.2) is 23.4 Å². The fourth-order valence-electron chi connectivity index (χ4n) is 0.798. The molecule has 0 unspecified atom stereocenters. The third-order valence-electron chi connectivity index (χ3n) is 2.44. The van der Waals surface area contributed by atoms with Crippen molar-refractivity contribution in [1.82, 2.24) is 4.90 Å². The fourth-order valence-corrected chi connectivity index (χ4v) is 0.798. The fraction of sp³-hybridized carbons (Fsp3) is 0.700. The summed E-state index contributed by atoms with van der Waals surface area (Å²) in [5, 5.41) is 0. The lowest BCUT2D eigenvalue weighted by Crippen LogP contribution is -2.44. The molecule has 0 aliphatic heterocycles. The summed E-state index contributed by atoms with van der Waals surface area (Å²) in [6, 6.07) is 0. The van der Waals surface area contributed by atoms with E-state index in [4.69, 9.17) is 0 Å². The molecule has 70 valence electrons. The number of carbonyl (C=O) groups is 1. The van der Waals surface area contributed by atoms with Crippen LogP contribution in [0.4, 0.5) is 0 Å². The van der Waals surface area contributed by atoms with Gasteiger partial charge in [0, 0.05) is 18.2 Å². The van der Waals surface area contributed by atoms with Crippen LogP contribution >= 0.6 is 0 Å². The van der Waals surface area contributed by atoms with Gasteiger partial charge in [-0.05, 0) is 27.2 Å². The highest BCUT2D eigenvalue weighted by Gasteiger charge is 2.25. The molecule has 0 aromatic rings. The molecule has 1 amide bonds. The van der Waals surface area contributed by atoms with E-state index in [2.05, 4.69) is 13.5 Å². The monoisotopic (exact) mass is 169 g/mol. The lowest BCUT2D eigenvalue weighted by molar-refractivity contribution is -0.130. The van der Waals surface area contributed by atoms with Crippen LogP contribution in [0.2, 0.25) is 0 Å². The SMILES string of the molecule is C=C(C)C(=O)N(C)C(C)(C)CC. The molecule has 0 bridgehead atoms. The summed E-state index contributed by atoms with van der Waals surface area (Å²) < 4.78 is 0. The Balaban J connectivity index is 4.49. The molecule has 0 fully saturated rings. The summed E-state index contributed by atoms with van der Waals surface area (Å²) in [6.07, 6.45) is 0.947. The molecule has 2 heteroatoms. The van der Waals surface area contributed by atoms with E-state index in [0.29, 0.717) is 5.57 Å². The molecular formula is C10H19NO. The van der Waals surface area contributed by atoms with Crippen molar-refractivity contribution >= 4 is 5.91 Å². The van der Waals surface area contributed by atoms with E-state index >= 15 is 0 Å². The van der Waals surface area contributed by atoms with E-state index in [-0.39, 0.29) is 11.4 Å². The van der Waals surface area contributed by atoms with Crippen LogP contribution in [0.15, 0.2) is 12.2 Å². The second-order valence-electron chi connectivity index (χ2n) is 3.81.